The fourth-order valence-corrected chi connectivity index (χ4v) is 4.64. The van der Waals surface area contributed by atoms with Gasteiger partial charge in [-0.15, -0.1) is 0 Å². The van der Waals surface area contributed by atoms with Crippen molar-refractivity contribution in [1.29, 1.82) is 0 Å². The van der Waals surface area contributed by atoms with Crippen LogP contribution in [0.15, 0.2) is 24.3 Å². The summed E-state index contributed by atoms with van der Waals surface area (Å²) in [5.41, 5.74) is 0.805. The van der Waals surface area contributed by atoms with Gasteiger partial charge in [0, 0.05) is 19.2 Å². The highest BCUT2D eigenvalue weighted by atomic mass is 32.2. The Kier molecular flexibility index (Phi) is 4.06. The standard InChI is InChI=1S/C16H17FN4O4S/c17-12-8-11(2-3-14(12)21-4-1-7-26(21,23)24)10-18-16(22)13-9-15-20(19-13)5-6-25-15/h2-3,8-9H,1,4-7,10H2,(H,18,22). The number of aromatic nitrogens is 2. The molecule has 2 aliphatic rings. The van der Waals surface area contributed by atoms with E-state index < -0.39 is 15.8 Å². The zero-order valence-corrected chi connectivity index (χ0v) is 14.6. The van der Waals surface area contributed by atoms with Crippen molar-refractivity contribution in [1.82, 2.24) is 15.1 Å². The predicted molar refractivity (Wildman–Crippen MR) is 91.0 cm³/mol. The molecule has 1 amide bonds. The van der Waals surface area contributed by atoms with Gasteiger partial charge in [-0.1, -0.05) is 6.07 Å². The van der Waals surface area contributed by atoms with E-state index in [0.717, 1.165) is 4.31 Å². The molecule has 1 aromatic heterocycles. The van der Waals surface area contributed by atoms with Gasteiger partial charge in [-0.05, 0) is 24.1 Å². The lowest BCUT2D eigenvalue weighted by atomic mass is 10.2. The smallest absolute Gasteiger partial charge is 0.272 e. The van der Waals surface area contributed by atoms with Gasteiger partial charge < -0.3 is 10.1 Å². The topological polar surface area (TPSA) is 93.5 Å². The molecule has 2 aromatic rings. The fraction of sp³-hybridized carbons (Fsp3) is 0.375. The molecule has 138 valence electrons. The van der Waals surface area contributed by atoms with Crippen LogP contribution in [-0.4, -0.2) is 43.0 Å². The second-order valence-electron chi connectivity index (χ2n) is 6.15. The number of carbonyl (C=O) groups excluding carboxylic acids is 1. The molecule has 1 aromatic carbocycles. The van der Waals surface area contributed by atoms with E-state index in [-0.39, 0.29) is 36.1 Å². The number of carbonyl (C=O) groups is 1. The first-order valence-electron chi connectivity index (χ1n) is 8.22. The minimum Gasteiger partial charge on any atom is -0.476 e. The zero-order chi connectivity index (χ0) is 18.3. The number of hydrogen-bond acceptors (Lipinski definition) is 5. The van der Waals surface area contributed by atoms with Crippen LogP contribution < -0.4 is 14.4 Å². The second kappa shape index (κ2) is 6.27. The number of sulfonamides is 1. The first kappa shape index (κ1) is 16.8. The van der Waals surface area contributed by atoms with E-state index >= 15 is 0 Å². The Morgan fingerprint density at radius 1 is 1.31 bits per heavy atom. The molecule has 1 N–H and O–H groups in total. The number of hydrogen-bond donors (Lipinski definition) is 1. The number of halogens is 1. The van der Waals surface area contributed by atoms with Crippen molar-refractivity contribution in [3.8, 4) is 5.88 Å². The van der Waals surface area contributed by atoms with E-state index in [0.29, 0.717) is 31.0 Å². The molecule has 0 atom stereocenters. The maximum atomic E-state index is 14.4. The lowest BCUT2D eigenvalue weighted by molar-refractivity contribution is 0.0944. The molecule has 0 radical (unpaired) electrons. The van der Waals surface area contributed by atoms with E-state index in [9.17, 15) is 17.6 Å². The van der Waals surface area contributed by atoms with Crippen LogP contribution in [-0.2, 0) is 23.1 Å². The third kappa shape index (κ3) is 3.00. The molecule has 1 fully saturated rings. The van der Waals surface area contributed by atoms with Crippen molar-refractivity contribution in [3.05, 3.63) is 41.3 Å². The van der Waals surface area contributed by atoms with E-state index in [1.54, 1.807) is 16.8 Å². The number of nitrogens with one attached hydrogen (secondary N) is 1. The Labute approximate surface area is 149 Å². The maximum absolute atomic E-state index is 14.4. The highest BCUT2D eigenvalue weighted by Gasteiger charge is 2.30. The first-order valence-corrected chi connectivity index (χ1v) is 9.83. The van der Waals surface area contributed by atoms with Crippen molar-refractivity contribution >= 4 is 21.6 Å². The summed E-state index contributed by atoms with van der Waals surface area (Å²) >= 11 is 0. The van der Waals surface area contributed by atoms with Crippen molar-refractivity contribution < 1.29 is 22.3 Å². The van der Waals surface area contributed by atoms with Gasteiger partial charge in [0.05, 0.1) is 18.0 Å². The summed E-state index contributed by atoms with van der Waals surface area (Å²) in [5.74, 6) is -0.432. The van der Waals surface area contributed by atoms with Crippen LogP contribution in [0.2, 0.25) is 0 Å². The third-order valence-electron chi connectivity index (χ3n) is 4.36. The Balaban J connectivity index is 1.44. The number of rotatable bonds is 4. The van der Waals surface area contributed by atoms with Crippen LogP contribution in [0.3, 0.4) is 0 Å². The molecular weight excluding hydrogens is 363 g/mol. The molecule has 0 saturated carbocycles. The number of amides is 1. The van der Waals surface area contributed by atoms with Gasteiger partial charge in [-0.25, -0.2) is 17.5 Å². The molecule has 3 heterocycles. The van der Waals surface area contributed by atoms with Gasteiger partial charge in [0.25, 0.3) is 5.91 Å². The zero-order valence-electron chi connectivity index (χ0n) is 13.8. The fourth-order valence-electron chi connectivity index (χ4n) is 3.07. The third-order valence-corrected chi connectivity index (χ3v) is 6.22. The first-order chi connectivity index (χ1) is 12.4. The van der Waals surface area contributed by atoms with Gasteiger partial charge in [0.15, 0.2) is 5.69 Å². The highest BCUT2D eigenvalue weighted by Crippen LogP contribution is 2.27. The summed E-state index contributed by atoms with van der Waals surface area (Å²) in [6.45, 7) is 1.53. The molecule has 2 aliphatic heterocycles. The lowest BCUT2D eigenvalue weighted by Crippen LogP contribution is -2.26. The molecule has 8 nitrogen and oxygen atoms in total. The molecule has 26 heavy (non-hydrogen) atoms. The Bertz CT molecular complexity index is 951. The summed E-state index contributed by atoms with van der Waals surface area (Å²) in [6.07, 6.45) is 0.484. The van der Waals surface area contributed by atoms with Crippen LogP contribution in [0.5, 0.6) is 5.88 Å². The average molecular weight is 380 g/mol. The van der Waals surface area contributed by atoms with E-state index in [4.69, 9.17) is 4.74 Å². The Morgan fingerprint density at radius 3 is 2.85 bits per heavy atom. The molecule has 0 unspecified atom stereocenters. The minimum absolute atomic E-state index is 0.0304. The quantitative estimate of drug-likeness (QED) is 0.850. The van der Waals surface area contributed by atoms with Crippen molar-refractivity contribution in [2.75, 3.05) is 23.2 Å². The Hall–Kier alpha value is -2.62. The molecule has 1 saturated heterocycles. The normalized spacial score (nSPS) is 17.8. The number of fused-ring (bicyclic) bond motifs is 1. The number of nitrogens with zero attached hydrogens (tertiary/aromatic N) is 3. The van der Waals surface area contributed by atoms with Gasteiger partial charge in [0.1, 0.15) is 12.4 Å². The lowest BCUT2D eigenvalue weighted by Gasteiger charge is -2.18. The molecular formula is C16H17FN4O4S. The summed E-state index contributed by atoms with van der Waals surface area (Å²) in [5, 5.41) is 6.80. The van der Waals surface area contributed by atoms with E-state index in [2.05, 4.69) is 10.4 Å². The van der Waals surface area contributed by atoms with Crippen molar-refractivity contribution in [3.63, 3.8) is 0 Å². The van der Waals surface area contributed by atoms with Crippen LogP contribution >= 0.6 is 0 Å². The summed E-state index contributed by atoms with van der Waals surface area (Å²) < 4.78 is 46.2. The monoisotopic (exact) mass is 380 g/mol. The summed E-state index contributed by atoms with van der Waals surface area (Å²) in [7, 11) is -3.43. The molecule has 0 spiro atoms. The minimum atomic E-state index is -3.43. The number of ether oxygens (including phenoxy) is 1. The predicted octanol–water partition coefficient (Wildman–Crippen LogP) is 0.885. The van der Waals surface area contributed by atoms with Gasteiger partial charge in [0.2, 0.25) is 15.9 Å². The van der Waals surface area contributed by atoms with Crippen LogP contribution in [0.25, 0.3) is 0 Å². The maximum Gasteiger partial charge on any atom is 0.272 e. The van der Waals surface area contributed by atoms with Crippen molar-refractivity contribution in [2.24, 2.45) is 0 Å². The van der Waals surface area contributed by atoms with E-state index in [1.165, 1.54) is 12.1 Å². The molecule has 10 heteroatoms. The second-order valence-corrected chi connectivity index (χ2v) is 8.16. The largest absolute Gasteiger partial charge is 0.476 e. The molecule has 0 bridgehead atoms. The van der Waals surface area contributed by atoms with Gasteiger partial charge in [-0.3, -0.25) is 9.10 Å². The van der Waals surface area contributed by atoms with Crippen LogP contribution in [0, 0.1) is 5.82 Å². The van der Waals surface area contributed by atoms with Gasteiger partial charge >= 0.3 is 0 Å². The molecule has 4 rings (SSSR count). The number of anilines is 1. The average Bonchev–Trinajstić information content (AvgIpc) is 3.27. The van der Waals surface area contributed by atoms with Crippen LogP contribution in [0.4, 0.5) is 10.1 Å². The van der Waals surface area contributed by atoms with Crippen LogP contribution in [0.1, 0.15) is 22.5 Å². The van der Waals surface area contributed by atoms with Gasteiger partial charge in [-0.2, -0.15) is 5.10 Å². The highest BCUT2D eigenvalue weighted by molar-refractivity contribution is 7.93. The SMILES string of the molecule is O=C(NCc1ccc(N2CCCS2(=O)=O)c(F)c1)c1cc2n(n1)CCO2. The summed E-state index contributed by atoms with van der Waals surface area (Å²) in [4.78, 5) is 12.1. The van der Waals surface area contributed by atoms with E-state index in [1.807, 2.05) is 0 Å². The molecule has 0 aliphatic carbocycles. The Morgan fingerprint density at radius 2 is 2.15 bits per heavy atom. The number of benzene rings is 1. The van der Waals surface area contributed by atoms with Crippen molar-refractivity contribution in [2.45, 2.75) is 19.5 Å². The summed E-state index contributed by atoms with van der Waals surface area (Å²) in [6, 6.07) is 5.82.